The first-order valence-electron chi connectivity index (χ1n) is 8.83. The van der Waals surface area contributed by atoms with E-state index in [4.69, 9.17) is 9.84 Å². The fourth-order valence-corrected chi connectivity index (χ4v) is 3.33. The van der Waals surface area contributed by atoms with Crippen LogP contribution < -0.4 is 0 Å². The van der Waals surface area contributed by atoms with Crippen molar-refractivity contribution in [2.24, 2.45) is 0 Å². The van der Waals surface area contributed by atoms with Crippen LogP contribution in [0.3, 0.4) is 0 Å². The lowest BCUT2D eigenvalue weighted by atomic mass is 9.77. The van der Waals surface area contributed by atoms with Gasteiger partial charge in [-0.15, -0.1) is 0 Å². The van der Waals surface area contributed by atoms with Gasteiger partial charge >= 0.3 is 5.97 Å². The summed E-state index contributed by atoms with van der Waals surface area (Å²) >= 11 is 0. The maximum absolute atomic E-state index is 11.0. The molecule has 0 saturated carbocycles. The Morgan fingerprint density at radius 3 is 2.64 bits per heavy atom. The molecule has 2 rings (SSSR count). The van der Waals surface area contributed by atoms with Gasteiger partial charge in [-0.2, -0.15) is 0 Å². The number of aliphatic hydroxyl groups is 3. The summed E-state index contributed by atoms with van der Waals surface area (Å²) < 4.78 is 5.60. The number of ether oxygens (including phenoxy) is 1. The van der Waals surface area contributed by atoms with E-state index in [0.29, 0.717) is 11.1 Å². The second-order valence-electron chi connectivity index (χ2n) is 6.77. The van der Waals surface area contributed by atoms with Crippen molar-refractivity contribution in [1.82, 2.24) is 0 Å². The smallest absolute Gasteiger partial charge is 0.330 e. The van der Waals surface area contributed by atoms with Crippen LogP contribution in [0, 0.1) is 0 Å². The third-order valence-corrected chi connectivity index (χ3v) is 5.05. The van der Waals surface area contributed by atoms with Crippen LogP contribution in [0.5, 0.6) is 0 Å². The maximum Gasteiger partial charge on any atom is 0.330 e. The highest BCUT2D eigenvalue weighted by molar-refractivity contribution is 5.85. The monoisotopic (exact) mass is 352 g/mol. The largest absolute Gasteiger partial charge is 0.478 e. The van der Waals surface area contributed by atoms with Crippen LogP contribution in [0.2, 0.25) is 0 Å². The molecular formula is C19H28O6. The van der Waals surface area contributed by atoms with Gasteiger partial charge in [0, 0.05) is 12.0 Å². The second-order valence-corrected chi connectivity index (χ2v) is 6.77. The number of allylic oxidation sites excluding steroid dienone is 1. The van der Waals surface area contributed by atoms with Gasteiger partial charge in [-0.25, -0.2) is 4.79 Å². The average molecular weight is 352 g/mol. The minimum atomic E-state index is -1.03. The van der Waals surface area contributed by atoms with E-state index in [1.54, 1.807) is 6.08 Å². The zero-order valence-electron chi connectivity index (χ0n) is 14.8. The minimum absolute atomic E-state index is 0.166. The topological polar surface area (TPSA) is 111 Å². The van der Waals surface area contributed by atoms with Gasteiger partial charge in [-0.1, -0.05) is 38.0 Å². The maximum atomic E-state index is 11.0. The Morgan fingerprint density at radius 1 is 1.32 bits per heavy atom. The number of carboxylic acids is 1. The molecule has 0 aromatic heterocycles. The van der Waals surface area contributed by atoms with Gasteiger partial charge in [0.05, 0.1) is 6.61 Å². The Bertz CT molecular complexity index is 591. The van der Waals surface area contributed by atoms with E-state index < -0.39 is 29.9 Å². The van der Waals surface area contributed by atoms with Gasteiger partial charge in [0.1, 0.15) is 23.9 Å². The van der Waals surface area contributed by atoms with Crippen molar-refractivity contribution in [2.75, 3.05) is 6.61 Å². The quantitative estimate of drug-likeness (QED) is 0.286. The molecule has 1 fully saturated rings. The van der Waals surface area contributed by atoms with Gasteiger partial charge in [-0.3, -0.25) is 0 Å². The van der Waals surface area contributed by atoms with E-state index in [1.165, 1.54) is 13.0 Å². The van der Waals surface area contributed by atoms with Gasteiger partial charge in [0.25, 0.3) is 0 Å². The Balaban J connectivity index is 2.19. The summed E-state index contributed by atoms with van der Waals surface area (Å²) in [6, 6.07) is 0. The highest BCUT2D eigenvalue weighted by atomic mass is 16.6. The molecule has 4 N–H and O–H groups in total. The van der Waals surface area contributed by atoms with Crippen molar-refractivity contribution in [3.63, 3.8) is 0 Å². The van der Waals surface area contributed by atoms with Gasteiger partial charge in [0.15, 0.2) is 0 Å². The van der Waals surface area contributed by atoms with Crippen molar-refractivity contribution in [3.8, 4) is 0 Å². The number of carboxylic acid groups (broad SMARTS) is 1. The fourth-order valence-electron chi connectivity index (χ4n) is 3.33. The van der Waals surface area contributed by atoms with Gasteiger partial charge in [0.2, 0.25) is 0 Å². The number of unbranched alkanes of at least 4 members (excludes halogenated alkanes) is 3. The molecule has 0 radical (unpaired) electrons. The molecule has 2 aliphatic rings. The van der Waals surface area contributed by atoms with Crippen molar-refractivity contribution in [2.45, 2.75) is 69.9 Å². The van der Waals surface area contributed by atoms with Gasteiger partial charge in [-0.05, 0) is 30.9 Å². The van der Waals surface area contributed by atoms with Crippen LogP contribution in [0.1, 0.15) is 46.0 Å². The van der Waals surface area contributed by atoms with Crippen LogP contribution in [0.15, 0.2) is 34.9 Å². The summed E-state index contributed by atoms with van der Waals surface area (Å²) in [6.45, 7) is 3.25. The third-order valence-electron chi connectivity index (χ3n) is 5.05. The highest BCUT2D eigenvalue weighted by Gasteiger charge is 2.67. The average Bonchev–Trinajstić information content (AvgIpc) is 3.33. The Hall–Kier alpha value is -1.47. The molecule has 1 heterocycles. The summed E-state index contributed by atoms with van der Waals surface area (Å²) in [6.07, 6.45) is 6.89. The summed E-state index contributed by atoms with van der Waals surface area (Å²) in [7, 11) is 0. The van der Waals surface area contributed by atoms with Gasteiger partial charge < -0.3 is 25.2 Å². The van der Waals surface area contributed by atoms with Crippen molar-refractivity contribution >= 4 is 5.97 Å². The molecule has 1 aliphatic carbocycles. The summed E-state index contributed by atoms with van der Waals surface area (Å²) in [4.78, 5) is 11.0. The molecule has 140 valence electrons. The Kier molecular flexibility index (Phi) is 6.57. The second kappa shape index (κ2) is 8.27. The Labute approximate surface area is 148 Å². The molecule has 0 bridgehead atoms. The molecule has 0 amide bonds. The van der Waals surface area contributed by atoms with Crippen molar-refractivity contribution in [3.05, 3.63) is 34.9 Å². The number of epoxide rings is 1. The first-order valence-corrected chi connectivity index (χ1v) is 8.83. The zero-order chi connectivity index (χ0) is 18.6. The van der Waals surface area contributed by atoms with E-state index >= 15 is 0 Å². The van der Waals surface area contributed by atoms with E-state index in [0.717, 1.165) is 25.7 Å². The van der Waals surface area contributed by atoms with E-state index in [9.17, 15) is 20.1 Å². The number of hydrogen-bond donors (Lipinski definition) is 4. The van der Waals surface area contributed by atoms with E-state index in [2.05, 4.69) is 6.92 Å². The normalized spacial score (nSPS) is 32.2. The van der Waals surface area contributed by atoms with Crippen LogP contribution in [0.25, 0.3) is 0 Å². The lowest BCUT2D eigenvalue weighted by molar-refractivity contribution is -0.132. The fraction of sp³-hybridized carbons (Fsp3) is 0.632. The first-order chi connectivity index (χ1) is 11.9. The SMILES string of the molecule is CCCCC/C=C/C1=C(CO)[C@@H](O)[C@H]2O[C@]2(C/C=C(\C)C(=O)O)[C@@H]1O. The molecule has 1 saturated heterocycles. The molecule has 6 heteroatoms. The number of aliphatic hydroxyl groups excluding tert-OH is 3. The van der Waals surface area contributed by atoms with Crippen LogP contribution in [0.4, 0.5) is 0 Å². The molecule has 4 atom stereocenters. The predicted octanol–water partition coefficient (Wildman–Crippen LogP) is 1.71. The number of fused-ring (bicyclic) bond motifs is 1. The van der Waals surface area contributed by atoms with Crippen LogP contribution in [-0.4, -0.2) is 56.9 Å². The standard InChI is InChI=1S/C19H28O6/c1-3-4-5-6-7-8-13-14(11-20)15(21)17-19(25-17,16(13)22)10-9-12(2)18(23)24/h7-9,15-17,20-22H,3-6,10-11H2,1-2H3,(H,23,24)/b8-7+,12-9+/t15-,16-,17-,19-/m1/s1. The molecule has 0 unspecified atom stereocenters. The molecular weight excluding hydrogens is 324 g/mol. The minimum Gasteiger partial charge on any atom is -0.478 e. The summed E-state index contributed by atoms with van der Waals surface area (Å²) in [5.74, 6) is -1.03. The summed E-state index contributed by atoms with van der Waals surface area (Å²) in [5, 5.41) is 39.8. The van der Waals surface area contributed by atoms with Crippen LogP contribution in [-0.2, 0) is 9.53 Å². The molecule has 0 spiro atoms. The van der Waals surface area contributed by atoms with E-state index in [-0.39, 0.29) is 18.6 Å². The number of rotatable bonds is 9. The third kappa shape index (κ3) is 4.03. The van der Waals surface area contributed by atoms with E-state index in [1.807, 2.05) is 6.08 Å². The lowest BCUT2D eigenvalue weighted by Gasteiger charge is -2.29. The first kappa shape index (κ1) is 19.8. The summed E-state index contributed by atoms with van der Waals surface area (Å²) in [5.41, 5.74) is -0.00502. The van der Waals surface area contributed by atoms with Crippen LogP contribution >= 0.6 is 0 Å². The molecule has 6 nitrogen and oxygen atoms in total. The number of aliphatic carboxylic acids is 1. The predicted molar refractivity (Wildman–Crippen MR) is 93.0 cm³/mol. The molecule has 25 heavy (non-hydrogen) atoms. The van der Waals surface area contributed by atoms with Crippen molar-refractivity contribution < 1.29 is 30.0 Å². The lowest BCUT2D eigenvalue weighted by Crippen LogP contribution is -2.43. The zero-order valence-corrected chi connectivity index (χ0v) is 14.8. The highest BCUT2D eigenvalue weighted by Crippen LogP contribution is 2.52. The van der Waals surface area contributed by atoms with Crippen molar-refractivity contribution in [1.29, 1.82) is 0 Å². The molecule has 0 aromatic rings. The number of carbonyl (C=O) groups is 1. The molecule has 0 aromatic carbocycles. The number of hydrogen-bond acceptors (Lipinski definition) is 5. The molecule has 1 aliphatic heterocycles. The Morgan fingerprint density at radius 2 is 2.04 bits per heavy atom.